The molecule has 0 spiro atoms. The van der Waals surface area contributed by atoms with Gasteiger partial charge < -0.3 is 14.4 Å². The van der Waals surface area contributed by atoms with Crippen LogP contribution in [0.3, 0.4) is 0 Å². The van der Waals surface area contributed by atoms with Crippen LogP contribution in [0.25, 0.3) is 0 Å². The predicted molar refractivity (Wildman–Crippen MR) is 98.7 cm³/mol. The van der Waals surface area contributed by atoms with Gasteiger partial charge in [0.25, 0.3) is 5.91 Å². The van der Waals surface area contributed by atoms with Crippen LogP contribution in [-0.4, -0.2) is 41.1 Å². The molecule has 0 aliphatic carbocycles. The van der Waals surface area contributed by atoms with Crippen molar-refractivity contribution in [3.05, 3.63) is 53.1 Å². The van der Waals surface area contributed by atoms with Gasteiger partial charge in [-0.15, -0.1) is 0 Å². The monoisotopic (exact) mass is 404 g/mol. The number of benzene rings is 1. The normalized spacial score (nSPS) is 16.3. The maximum atomic E-state index is 12.6. The number of carbonyl (C=O) groups is 1. The first kappa shape index (κ1) is 17.7. The van der Waals surface area contributed by atoms with E-state index in [9.17, 15) is 4.79 Å². The Bertz CT molecular complexity index is 703. The molecular formula is C19H21BrN2O3. The van der Waals surface area contributed by atoms with Gasteiger partial charge in [-0.2, -0.15) is 0 Å². The number of hydrogen-bond acceptors (Lipinski definition) is 4. The lowest BCUT2D eigenvalue weighted by molar-refractivity contribution is -0.139. The van der Waals surface area contributed by atoms with Crippen LogP contribution >= 0.6 is 15.9 Å². The van der Waals surface area contributed by atoms with E-state index in [2.05, 4.69) is 20.9 Å². The number of amides is 1. The Morgan fingerprint density at radius 2 is 1.92 bits per heavy atom. The molecule has 1 aliphatic rings. The van der Waals surface area contributed by atoms with Crippen molar-refractivity contribution in [2.45, 2.75) is 32.0 Å². The molecule has 1 aromatic carbocycles. The van der Waals surface area contributed by atoms with Crippen molar-refractivity contribution in [3.8, 4) is 11.6 Å². The minimum Gasteiger partial charge on any atom is -0.481 e. The Morgan fingerprint density at radius 3 is 2.60 bits per heavy atom. The number of ether oxygens (including phenoxy) is 2. The average Bonchev–Trinajstić information content (AvgIpc) is 2.64. The molecule has 2 heterocycles. The van der Waals surface area contributed by atoms with Crippen molar-refractivity contribution in [1.29, 1.82) is 0 Å². The fourth-order valence-corrected chi connectivity index (χ4v) is 3.17. The number of hydrogen-bond donors (Lipinski definition) is 0. The van der Waals surface area contributed by atoms with Gasteiger partial charge in [0.2, 0.25) is 5.88 Å². The highest BCUT2D eigenvalue weighted by Gasteiger charge is 2.28. The van der Waals surface area contributed by atoms with Gasteiger partial charge in [0.15, 0.2) is 6.10 Å². The second-order valence-corrected chi connectivity index (χ2v) is 6.86. The van der Waals surface area contributed by atoms with Crippen LogP contribution in [0.5, 0.6) is 11.6 Å². The molecule has 1 saturated heterocycles. The summed E-state index contributed by atoms with van der Waals surface area (Å²) in [5.74, 6) is 1.33. The Hall–Kier alpha value is -2.08. The fraction of sp³-hybridized carbons (Fsp3) is 0.368. The van der Waals surface area contributed by atoms with E-state index >= 15 is 0 Å². The highest BCUT2D eigenvalue weighted by atomic mass is 79.9. The van der Waals surface area contributed by atoms with E-state index in [1.54, 1.807) is 13.1 Å². The number of aromatic nitrogens is 1. The number of carbonyl (C=O) groups excluding carboxylic acids is 1. The van der Waals surface area contributed by atoms with E-state index in [1.807, 2.05) is 47.4 Å². The van der Waals surface area contributed by atoms with Crippen LogP contribution in [-0.2, 0) is 4.79 Å². The molecule has 3 rings (SSSR count). The lowest BCUT2D eigenvalue weighted by Crippen LogP contribution is -2.46. The number of rotatable bonds is 5. The molecule has 25 heavy (non-hydrogen) atoms. The lowest BCUT2D eigenvalue weighted by atomic mass is 10.1. The van der Waals surface area contributed by atoms with Crippen LogP contribution in [0.2, 0.25) is 0 Å². The summed E-state index contributed by atoms with van der Waals surface area (Å²) in [5.41, 5.74) is 0. The molecule has 2 aromatic rings. The average molecular weight is 405 g/mol. The third kappa shape index (κ3) is 4.72. The summed E-state index contributed by atoms with van der Waals surface area (Å²) in [6.45, 7) is 3.12. The molecule has 1 amide bonds. The number of pyridine rings is 1. The van der Waals surface area contributed by atoms with Gasteiger partial charge >= 0.3 is 0 Å². The molecule has 1 aromatic heterocycles. The standard InChI is InChI=1S/C19H21BrN2O3/c1-14(24-15-6-3-2-4-7-15)19(23)22-12-9-16(10-13-22)25-18-17(20)8-5-11-21-18/h2-8,11,14,16H,9-10,12-13H2,1H3/t14-/m0/s1. The fourth-order valence-electron chi connectivity index (χ4n) is 2.82. The Kier molecular flexibility index (Phi) is 5.91. The molecule has 0 N–H and O–H groups in total. The quantitative estimate of drug-likeness (QED) is 0.762. The zero-order chi connectivity index (χ0) is 17.6. The van der Waals surface area contributed by atoms with E-state index in [-0.39, 0.29) is 12.0 Å². The highest BCUT2D eigenvalue weighted by Crippen LogP contribution is 2.25. The molecule has 0 saturated carbocycles. The summed E-state index contributed by atoms with van der Waals surface area (Å²) in [4.78, 5) is 18.6. The van der Waals surface area contributed by atoms with E-state index in [0.29, 0.717) is 24.7 Å². The topological polar surface area (TPSA) is 51.7 Å². The number of para-hydroxylation sites is 1. The molecule has 6 heteroatoms. The van der Waals surface area contributed by atoms with Gasteiger partial charge in [-0.25, -0.2) is 4.98 Å². The number of likely N-dealkylation sites (tertiary alicyclic amines) is 1. The van der Waals surface area contributed by atoms with Crippen LogP contribution in [0.4, 0.5) is 0 Å². The Labute approximate surface area is 156 Å². The maximum absolute atomic E-state index is 12.6. The minimum absolute atomic E-state index is 0.0151. The molecule has 1 atom stereocenters. The number of nitrogens with zero attached hydrogens (tertiary/aromatic N) is 2. The van der Waals surface area contributed by atoms with Crippen LogP contribution in [0.1, 0.15) is 19.8 Å². The Balaban J connectivity index is 1.50. The molecule has 0 bridgehead atoms. The molecule has 1 aliphatic heterocycles. The molecule has 1 fully saturated rings. The van der Waals surface area contributed by atoms with E-state index < -0.39 is 6.10 Å². The summed E-state index contributed by atoms with van der Waals surface area (Å²) in [6, 6.07) is 13.2. The van der Waals surface area contributed by atoms with E-state index in [4.69, 9.17) is 9.47 Å². The first-order valence-corrected chi connectivity index (χ1v) is 9.20. The zero-order valence-corrected chi connectivity index (χ0v) is 15.7. The molecule has 0 unspecified atom stereocenters. The zero-order valence-electron chi connectivity index (χ0n) is 14.1. The van der Waals surface area contributed by atoms with E-state index in [0.717, 1.165) is 17.3 Å². The van der Waals surface area contributed by atoms with Crippen molar-refractivity contribution < 1.29 is 14.3 Å². The van der Waals surface area contributed by atoms with Gasteiger partial charge in [0.1, 0.15) is 11.9 Å². The lowest BCUT2D eigenvalue weighted by Gasteiger charge is -2.33. The second-order valence-electron chi connectivity index (χ2n) is 6.01. The largest absolute Gasteiger partial charge is 0.481 e. The minimum atomic E-state index is -0.496. The smallest absolute Gasteiger partial charge is 0.263 e. The number of piperidine rings is 1. The van der Waals surface area contributed by atoms with E-state index in [1.165, 1.54) is 0 Å². The van der Waals surface area contributed by atoms with Crippen LogP contribution in [0.15, 0.2) is 53.1 Å². The van der Waals surface area contributed by atoms with Crippen LogP contribution in [0, 0.1) is 0 Å². The van der Waals surface area contributed by atoms with Gasteiger partial charge in [0.05, 0.1) is 4.47 Å². The van der Waals surface area contributed by atoms with Crippen molar-refractivity contribution in [2.24, 2.45) is 0 Å². The third-order valence-electron chi connectivity index (χ3n) is 4.16. The summed E-state index contributed by atoms with van der Waals surface area (Å²) in [7, 11) is 0. The van der Waals surface area contributed by atoms with Crippen molar-refractivity contribution in [3.63, 3.8) is 0 Å². The SMILES string of the molecule is C[C@H](Oc1ccccc1)C(=O)N1CCC(Oc2ncccc2Br)CC1. The van der Waals surface area contributed by atoms with Crippen molar-refractivity contribution >= 4 is 21.8 Å². The third-order valence-corrected chi connectivity index (χ3v) is 4.76. The van der Waals surface area contributed by atoms with Gasteiger partial charge in [-0.1, -0.05) is 18.2 Å². The van der Waals surface area contributed by atoms with Crippen molar-refractivity contribution in [1.82, 2.24) is 9.88 Å². The molecule has 0 radical (unpaired) electrons. The first-order valence-electron chi connectivity index (χ1n) is 8.41. The van der Waals surface area contributed by atoms with Crippen molar-refractivity contribution in [2.75, 3.05) is 13.1 Å². The summed E-state index contributed by atoms with van der Waals surface area (Å²) in [5, 5.41) is 0. The first-order chi connectivity index (χ1) is 12.1. The molecule has 132 valence electrons. The second kappa shape index (κ2) is 8.34. The summed E-state index contributed by atoms with van der Waals surface area (Å²) < 4.78 is 12.5. The summed E-state index contributed by atoms with van der Waals surface area (Å²) >= 11 is 3.44. The summed E-state index contributed by atoms with van der Waals surface area (Å²) in [6.07, 6.45) is 2.85. The van der Waals surface area contributed by atoms with Crippen LogP contribution < -0.4 is 9.47 Å². The maximum Gasteiger partial charge on any atom is 0.263 e. The highest BCUT2D eigenvalue weighted by molar-refractivity contribution is 9.10. The Morgan fingerprint density at radius 1 is 1.20 bits per heavy atom. The molecular weight excluding hydrogens is 384 g/mol. The number of halogens is 1. The van der Waals surface area contributed by atoms with Gasteiger partial charge in [-0.3, -0.25) is 4.79 Å². The molecule has 5 nitrogen and oxygen atoms in total. The van der Waals surface area contributed by atoms with Gasteiger partial charge in [-0.05, 0) is 47.1 Å². The van der Waals surface area contributed by atoms with Gasteiger partial charge in [0, 0.05) is 32.1 Å². The predicted octanol–water partition coefficient (Wildman–Crippen LogP) is 3.68.